The maximum Gasteiger partial charge on any atom is 0.287 e. The van der Waals surface area contributed by atoms with E-state index in [1.54, 1.807) is 24.3 Å². The van der Waals surface area contributed by atoms with E-state index in [0.717, 1.165) is 11.0 Å². The number of hydrogen-bond acceptors (Lipinski definition) is 2. The van der Waals surface area contributed by atoms with Gasteiger partial charge in [-0.2, -0.15) is 8.42 Å². The summed E-state index contributed by atoms with van der Waals surface area (Å²) in [5.74, 6) is 0. The van der Waals surface area contributed by atoms with E-state index in [2.05, 4.69) is 13.2 Å². The van der Waals surface area contributed by atoms with E-state index in [-0.39, 0.29) is 0 Å². The molecular weight excluding hydrogens is 200 g/mol. The fourth-order valence-corrected chi connectivity index (χ4v) is 1.06. The van der Waals surface area contributed by atoms with E-state index >= 15 is 0 Å². The highest BCUT2D eigenvalue weighted by Crippen LogP contribution is 2.01. The minimum Gasteiger partial charge on any atom is -0.282 e. The number of benzene rings is 1. The molecule has 1 aromatic rings. The Morgan fingerprint density at radius 1 is 1.14 bits per heavy atom. The second kappa shape index (κ2) is 6.12. The molecule has 0 aliphatic carbocycles. The number of hydrogen-bond donors (Lipinski definition) is 1. The zero-order valence-corrected chi connectivity index (χ0v) is 8.44. The lowest BCUT2D eigenvalue weighted by Gasteiger charge is -1.89. The maximum absolute atomic E-state index is 10.3. The van der Waals surface area contributed by atoms with Gasteiger partial charge in [0.25, 0.3) is 10.1 Å². The second-order valence-electron chi connectivity index (χ2n) is 2.23. The Morgan fingerprint density at radius 3 is 2.07 bits per heavy atom. The minimum absolute atomic E-state index is 0.732. The molecule has 0 aromatic heterocycles. The molecule has 0 atom stereocenters. The molecule has 4 heteroatoms. The molecule has 0 saturated heterocycles. The van der Waals surface area contributed by atoms with Crippen LogP contribution in [0, 0.1) is 0 Å². The van der Waals surface area contributed by atoms with Crippen molar-refractivity contribution in [3.63, 3.8) is 0 Å². The van der Waals surface area contributed by atoms with Gasteiger partial charge in [-0.15, -0.1) is 13.2 Å². The van der Waals surface area contributed by atoms with Gasteiger partial charge < -0.3 is 0 Å². The lowest BCUT2D eigenvalue weighted by Crippen LogP contribution is -1.88. The van der Waals surface area contributed by atoms with Crippen molar-refractivity contribution in [2.24, 2.45) is 0 Å². The van der Waals surface area contributed by atoms with Crippen LogP contribution in [-0.2, 0) is 10.1 Å². The molecule has 0 aliphatic heterocycles. The van der Waals surface area contributed by atoms with Crippen LogP contribution in [0.25, 0.3) is 6.08 Å². The average molecular weight is 212 g/mol. The van der Waals surface area contributed by atoms with Crippen LogP contribution >= 0.6 is 0 Å². The fraction of sp³-hybridized carbons (Fsp3) is 0. The van der Waals surface area contributed by atoms with Crippen molar-refractivity contribution >= 4 is 16.2 Å². The molecule has 0 fully saturated rings. The molecule has 0 aliphatic rings. The van der Waals surface area contributed by atoms with Gasteiger partial charge in [0.2, 0.25) is 0 Å². The summed E-state index contributed by atoms with van der Waals surface area (Å²) in [5.41, 5.74) is 0.732. The first kappa shape index (κ1) is 12.6. The Bertz CT molecular complexity index is 379. The van der Waals surface area contributed by atoms with Crippen LogP contribution < -0.4 is 0 Å². The van der Waals surface area contributed by atoms with Crippen molar-refractivity contribution in [3.8, 4) is 0 Å². The first-order chi connectivity index (χ1) is 6.58. The van der Waals surface area contributed by atoms with Gasteiger partial charge in [-0.3, -0.25) is 4.55 Å². The molecule has 0 amide bonds. The second-order valence-corrected chi connectivity index (χ2v) is 3.53. The third kappa shape index (κ3) is 6.16. The van der Waals surface area contributed by atoms with Gasteiger partial charge in [0.05, 0.1) is 5.41 Å². The SMILES string of the molecule is C=C.O=S(=O)(O)C=Cc1ccccc1. The van der Waals surface area contributed by atoms with Gasteiger partial charge in [0.15, 0.2) is 0 Å². The van der Waals surface area contributed by atoms with Crippen molar-refractivity contribution in [1.82, 2.24) is 0 Å². The van der Waals surface area contributed by atoms with Crippen molar-refractivity contribution in [2.45, 2.75) is 0 Å². The van der Waals surface area contributed by atoms with Crippen molar-refractivity contribution in [3.05, 3.63) is 54.5 Å². The standard InChI is InChI=1S/C8H8O3S.C2H4/c9-12(10,11)7-6-8-4-2-1-3-5-8;1-2/h1-7H,(H,9,10,11);1-2H2. The quantitative estimate of drug-likeness (QED) is 0.604. The lowest BCUT2D eigenvalue weighted by atomic mass is 10.2. The molecule has 0 unspecified atom stereocenters. The normalized spacial score (nSPS) is 10.6. The van der Waals surface area contributed by atoms with E-state index in [9.17, 15) is 8.42 Å². The van der Waals surface area contributed by atoms with Gasteiger partial charge in [-0.25, -0.2) is 0 Å². The highest BCUT2D eigenvalue weighted by Gasteiger charge is 1.94. The van der Waals surface area contributed by atoms with Crippen LogP contribution in [0.5, 0.6) is 0 Å². The van der Waals surface area contributed by atoms with E-state index in [4.69, 9.17) is 4.55 Å². The molecule has 0 saturated carbocycles. The maximum atomic E-state index is 10.3. The lowest BCUT2D eigenvalue weighted by molar-refractivity contribution is 0.494. The first-order valence-corrected chi connectivity index (χ1v) is 5.29. The van der Waals surface area contributed by atoms with E-state index in [1.807, 2.05) is 6.07 Å². The average Bonchev–Trinajstić information content (AvgIpc) is 2.19. The van der Waals surface area contributed by atoms with Crippen LogP contribution in [0.1, 0.15) is 5.56 Å². The number of rotatable bonds is 2. The summed E-state index contributed by atoms with van der Waals surface area (Å²) < 4.78 is 28.9. The van der Waals surface area contributed by atoms with Gasteiger partial charge in [0.1, 0.15) is 0 Å². The Hall–Kier alpha value is -1.39. The summed E-state index contributed by atoms with van der Waals surface area (Å²) in [5, 5.41) is 0.752. The van der Waals surface area contributed by atoms with Gasteiger partial charge in [-0.05, 0) is 11.6 Å². The van der Waals surface area contributed by atoms with Crippen LogP contribution in [0.15, 0.2) is 48.9 Å². The third-order valence-corrected chi connectivity index (χ3v) is 1.71. The van der Waals surface area contributed by atoms with Crippen LogP contribution in [0.4, 0.5) is 0 Å². The van der Waals surface area contributed by atoms with Crippen molar-refractivity contribution in [1.29, 1.82) is 0 Å². The molecule has 3 nitrogen and oxygen atoms in total. The summed E-state index contributed by atoms with van der Waals surface area (Å²) in [4.78, 5) is 0. The summed E-state index contributed by atoms with van der Waals surface area (Å²) in [7, 11) is -4.00. The highest BCUT2D eigenvalue weighted by molar-refractivity contribution is 7.88. The van der Waals surface area contributed by atoms with Gasteiger partial charge in [-0.1, -0.05) is 30.3 Å². The van der Waals surface area contributed by atoms with E-state index in [0.29, 0.717) is 0 Å². The summed E-state index contributed by atoms with van der Waals surface area (Å²) in [6.45, 7) is 6.00. The summed E-state index contributed by atoms with van der Waals surface area (Å²) in [6, 6.07) is 8.86. The van der Waals surface area contributed by atoms with Gasteiger partial charge >= 0.3 is 0 Å². The summed E-state index contributed by atoms with van der Waals surface area (Å²) in [6.07, 6.45) is 1.33. The van der Waals surface area contributed by atoms with Crippen LogP contribution in [0.3, 0.4) is 0 Å². The molecular formula is C10H12O3S. The summed E-state index contributed by atoms with van der Waals surface area (Å²) >= 11 is 0. The zero-order valence-electron chi connectivity index (χ0n) is 7.63. The van der Waals surface area contributed by atoms with Crippen molar-refractivity contribution < 1.29 is 13.0 Å². The Labute approximate surface area is 84.1 Å². The smallest absolute Gasteiger partial charge is 0.282 e. The molecule has 14 heavy (non-hydrogen) atoms. The molecule has 0 spiro atoms. The largest absolute Gasteiger partial charge is 0.287 e. The van der Waals surface area contributed by atoms with Crippen LogP contribution in [-0.4, -0.2) is 13.0 Å². The molecule has 0 radical (unpaired) electrons. The molecule has 0 heterocycles. The van der Waals surface area contributed by atoms with E-state index in [1.165, 1.54) is 6.08 Å². The molecule has 76 valence electrons. The topological polar surface area (TPSA) is 54.4 Å². The molecule has 1 rings (SSSR count). The first-order valence-electron chi connectivity index (χ1n) is 3.78. The van der Waals surface area contributed by atoms with Crippen molar-refractivity contribution in [2.75, 3.05) is 0 Å². The zero-order chi connectivity index (χ0) is 11.0. The minimum atomic E-state index is -4.00. The molecule has 1 N–H and O–H groups in total. The Morgan fingerprint density at radius 2 is 1.64 bits per heavy atom. The highest BCUT2D eigenvalue weighted by atomic mass is 32.2. The predicted octanol–water partition coefficient (Wildman–Crippen LogP) is 2.35. The molecule has 1 aromatic carbocycles. The molecule has 0 bridgehead atoms. The third-order valence-electron chi connectivity index (χ3n) is 1.23. The van der Waals surface area contributed by atoms with E-state index < -0.39 is 10.1 Å². The monoisotopic (exact) mass is 212 g/mol. The Balaban J connectivity index is 0.000000791. The predicted molar refractivity (Wildman–Crippen MR) is 58.3 cm³/mol. The fourth-order valence-electron chi connectivity index (χ4n) is 0.729. The Kier molecular flexibility index (Phi) is 5.52. The van der Waals surface area contributed by atoms with Crippen LogP contribution in [0.2, 0.25) is 0 Å². The van der Waals surface area contributed by atoms with Gasteiger partial charge in [0, 0.05) is 0 Å².